The zero-order valence-electron chi connectivity index (χ0n) is 16.5. The Balaban J connectivity index is 1.61. The van der Waals surface area contributed by atoms with Crippen molar-refractivity contribution in [3.8, 4) is 5.69 Å². The van der Waals surface area contributed by atoms with Crippen molar-refractivity contribution in [2.75, 3.05) is 19.6 Å². The van der Waals surface area contributed by atoms with E-state index in [-0.39, 0.29) is 17.7 Å². The Labute approximate surface area is 161 Å². The number of amides is 2. The van der Waals surface area contributed by atoms with E-state index in [1.54, 1.807) is 0 Å². The fraction of sp³-hybridized carbons (Fsp3) is 0.455. The SMILES string of the molecule is CCCNC(=O)C1CCN(C(=O)c2ccc(-n3c(C)ccc3C)cc2)CC1. The number of aromatic nitrogens is 1. The van der Waals surface area contributed by atoms with Gasteiger partial charge in [0.1, 0.15) is 0 Å². The summed E-state index contributed by atoms with van der Waals surface area (Å²) < 4.78 is 2.18. The summed E-state index contributed by atoms with van der Waals surface area (Å²) in [5.74, 6) is 0.211. The molecule has 5 heteroatoms. The van der Waals surface area contributed by atoms with Crippen LogP contribution in [-0.2, 0) is 4.79 Å². The Morgan fingerprint density at radius 1 is 1.00 bits per heavy atom. The van der Waals surface area contributed by atoms with E-state index in [1.807, 2.05) is 36.1 Å². The molecule has 1 fully saturated rings. The van der Waals surface area contributed by atoms with Gasteiger partial charge in [0.15, 0.2) is 0 Å². The van der Waals surface area contributed by atoms with E-state index in [1.165, 1.54) is 11.4 Å². The predicted molar refractivity (Wildman–Crippen MR) is 107 cm³/mol. The highest BCUT2D eigenvalue weighted by atomic mass is 16.2. The van der Waals surface area contributed by atoms with E-state index in [0.29, 0.717) is 18.7 Å². The first-order valence-electron chi connectivity index (χ1n) is 9.83. The van der Waals surface area contributed by atoms with Crippen molar-refractivity contribution in [3.63, 3.8) is 0 Å². The minimum atomic E-state index is 0.0302. The van der Waals surface area contributed by atoms with E-state index in [4.69, 9.17) is 0 Å². The number of hydrogen-bond acceptors (Lipinski definition) is 2. The lowest BCUT2D eigenvalue weighted by molar-refractivity contribution is -0.126. The number of hydrogen-bond donors (Lipinski definition) is 1. The van der Waals surface area contributed by atoms with Crippen LogP contribution in [-0.4, -0.2) is 40.9 Å². The molecule has 144 valence electrons. The highest BCUT2D eigenvalue weighted by molar-refractivity contribution is 5.94. The highest BCUT2D eigenvalue weighted by Crippen LogP contribution is 2.21. The van der Waals surface area contributed by atoms with Crippen LogP contribution < -0.4 is 5.32 Å². The van der Waals surface area contributed by atoms with Crippen LogP contribution in [0.4, 0.5) is 0 Å². The second-order valence-corrected chi connectivity index (χ2v) is 7.36. The number of likely N-dealkylation sites (tertiary alicyclic amines) is 1. The second kappa shape index (κ2) is 8.42. The van der Waals surface area contributed by atoms with Gasteiger partial charge in [0.2, 0.25) is 5.91 Å². The molecule has 0 atom stereocenters. The normalized spacial score (nSPS) is 15.0. The lowest BCUT2D eigenvalue weighted by atomic mass is 9.95. The molecule has 0 unspecified atom stereocenters. The zero-order chi connectivity index (χ0) is 19.4. The fourth-order valence-electron chi connectivity index (χ4n) is 3.75. The number of piperidine rings is 1. The molecular formula is C22H29N3O2. The molecule has 1 saturated heterocycles. The maximum absolute atomic E-state index is 12.8. The van der Waals surface area contributed by atoms with E-state index in [0.717, 1.165) is 31.5 Å². The molecule has 0 spiro atoms. The summed E-state index contributed by atoms with van der Waals surface area (Å²) in [5.41, 5.74) is 4.12. The number of carbonyl (C=O) groups excluding carboxylic acids is 2. The molecule has 1 aliphatic heterocycles. The van der Waals surface area contributed by atoms with Crippen molar-refractivity contribution < 1.29 is 9.59 Å². The number of nitrogens with one attached hydrogen (secondary N) is 1. The van der Waals surface area contributed by atoms with Crippen molar-refractivity contribution >= 4 is 11.8 Å². The fourth-order valence-corrected chi connectivity index (χ4v) is 3.75. The lowest BCUT2D eigenvalue weighted by Crippen LogP contribution is -2.43. The van der Waals surface area contributed by atoms with E-state index >= 15 is 0 Å². The van der Waals surface area contributed by atoms with Crippen LogP contribution in [0.15, 0.2) is 36.4 Å². The summed E-state index contributed by atoms with van der Waals surface area (Å²) in [6.45, 7) is 8.21. The third-order valence-electron chi connectivity index (χ3n) is 5.35. The van der Waals surface area contributed by atoms with Gasteiger partial charge in [0.25, 0.3) is 5.91 Å². The van der Waals surface area contributed by atoms with Crippen molar-refractivity contribution in [2.45, 2.75) is 40.0 Å². The molecule has 2 amide bonds. The molecule has 0 bridgehead atoms. The van der Waals surface area contributed by atoms with Gasteiger partial charge in [-0.15, -0.1) is 0 Å². The minimum absolute atomic E-state index is 0.0302. The van der Waals surface area contributed by atoms with Crippen LogP contribution >= 0.6 is 0 Å². The number of carbonyl (C=O) groups is 2. The standard InChI is InChI=1S/C22H29N3O2/c1-4-13-23-21(26)18-11-14-24(15-12-18)22(27)19-7-9-20(10-8-19)25-16(2)5-6-17(25)3/h5-10,18H,4,11-15H2,1-3H3,(H,23,26). The lowest BCUT2D eigenvalue weighted by Gasteiger charge is -2.31. The van der Waals surface area contributed by atoms with Gasteiger partial charge in [-0.3, -0.25) is 9.59 Å². The third kappa shape index (κ3) is 4.24. The molecule has 3 rings (SSSR count). The van der Waals surface area contributed by atoms with E-state index in [2.05, 4.69) is 35.9 Å². The third-order valence-corrected chi connectivity index (χ3v) is 5.35. The van der Waals surface area contributed by atoms with Crippen molar-refractivity contribution in [2.24, 2.45) is 5.92 Å². The van der Waals surface area contributed by atoms with Gasteiger partial charge in [-0.1, -0.05) is 6.92 Å². The van der Waals surface area contributed by atoms with Crippen LogP contribution in [0.3, 0.4) is 0 Å². The molecule has 2 aromatic rings. The van der Waals surface area contributed by atoms with Crippen LogP contribution in [0, 0.1) is 19.8 Å². The Bertz CT molecular complexity index is 780. The van der Waals surface area contributed by atoms with Gasteiger partial charge >= 0.3 is 0 Å². The van der Waals surface area contributed by atoms with Gasteiger partial charge in [-0.25, -0.2) is 0 Å². The van der Waals surface area contributed by atoms with Gasteiger partial charge in [-0.05, 0) is 69.5 Å². The molecule has 1 N–H and O–H groups in total. The summed E-state index contributed by atoms with van der Waals surface area (Å²) in [4.78, 5) is 26.8. The van der Waals surface area contributed by atoms with Crippen LogP contribution in [0.25, 0.3) is 5.69 Å². The first kappa shape index (κ1) is 19.2. The molecular weight excluding hydrogens is 338 g/mol. The van der Waals surface area contributed by atoms with Crippen LogP contribution in [0.2, 0.25) is 0 Å². The van der Waals surface area contributed by atoms with Crippen molar-refractivity contribution in [1.29, 1.82) is 0 Å². The zero-order valence-corrected chi connectivity index (χ0v) is 16.5. The van der Waals surface area contributed by atoms with Gasteiger partial charge < -0.3 is 14.8 Å². The Hall–Kier alpha value is -2.56. The predicted octanol–water partition coefficient (Wildman–Crippen LogP) is 3.47. The quantitative estimate of drug-likeness (QED) is 0.880. The molecule has 5 nitrogen and oxygen atoms in total. The molecule has 0 aliphatic carbocycles. The first-order valence-corrected chi connectivity index (χ1v) is 9.83. The smallest absolute Gasteiger partial charge is 0.253 e. The average Bonchev–Trinajstić information content (AvgIpc) is 3.04. The van der Waals surface area contributed by atoms with Gasteiger partial charge in [0.05, 0.1) is 0 Å². The molecule has 0 saturated carbocycles. The number of nitrogens with zero attached hydrogens (tertiary/aromatic N) is 2. The molecule has 1 aromatic heterocycles. The number of aryl methyl sites for hydroxylation is 2. The highest BCUT2D eigenvalue weighted by Gasteiger charge is 2.27. The maximum Gasteiger partial charge on any atom is 0.253 e. The van der Waals surface area contributed by atoms with Crippen molar-refractivity contribution in [3.05, 3.63) is 53.3 Å². The second-order valence-electron chi connectivity index (χ2n) is 7.36. The topological polar surface area (TPSA) is 54.3 Å². The largest absolute Gasteiger partial charge is 0.356 e. The van der Waals surface area contributed by atoms with Crippen LogP contribution in [0.5, 0.6) is 0 Å². The molecule has 1 aliphatic rings. The van der Waals surface area contributed by atoms with Gasteiger partial charge in [-0.2, -0.15) is 0 Å². The summed E-state index contributed by atoms with van der Waals surface area (Å²) in [6.07, 6.45) is 2.42. The first-order chi connectivity index (χ1) is 13.0. The minimum Gasteiger partial charge on any atom is -0.356 e. The average molecular weight is 367 g/mol. The monoisotopic (exact) mass is 367 g/mol. The summed E-state index contributed by atoms with van der Waals surface area (Å²) >= 11 is 0. The summed E-state index contributed by atoms with van der Waals surface area (Å²) in [5, 5.41) is 2.96. The summed E-state index contributed by atoms with van der Waals surface area (Å²) in [7, 11) is 0. The maximum atomic E-state index is 12.8. The number of benzene rings is 1. The van der Waals surface area contributed by atoms with Crippen molar-refractivity contribution in [1.82, 2.24) is 14.8 Å². The van der Waals surface area contributed by atoms with E-state index < -0.39 is 0 Å². The van der Waals surface area contributed by atoms with Crippen LogP contribution in [0.1, 0.15) is 47.9 Å². The number of rotatable bonds is 5. The van der Waals surface area contributed by atoms with Gasteiger partial charge in [0, 0.05) is 48.2 Å². The Morgan fingerprint density at radius 2 is 1.59 bits per heavy atom. The molecule has 27 heavy (non-hydrogen) atoms. The molecule has 0 radical (unpaired) electrons. The summed E-state index contributed by atoms with van der Waals surface area (Å²) in [6, 6.07) is 12.0. The Morgan fingerprint density at radius 3 is 2.15 bits per heavy atom. The van der Waals surface area contributed by atoms with E-state index in [9.17, 15) is 9.59 Å². The molecule has 2 heterocycles. The molecule has 1 aromatic carbocycles. The Kier molecular flexibility index (Phi) is 5.99.